The largest absolute Gasteiger partial charge is 0.346 e. The predicted octanol–water partition coefficient (Wildman–Crippen LogP) is 5.31. The Hall–Kier alpha value is -2.46. The Balaban J connectivity index is 1.72. The van der Waals surface area contributed by atoms with Crippen LogP contribution >= 0.6 is 15.9 Å². The Morgan fingerprint density at radius 3 is 2.36 bits per heavy atom. The van der Waals surface area contributed by atoms with Crippen LogP contribution in [-0.2, 0) is 0 Å². The van der Waals surface area contributed by atoms with Gasteiger partial charge < -0.3 is 5.32 Å². The maximum atomic E-state index is 12.5. The van der Waals surface area contributed by atoms with E-state index in [4.69, 9.17) is 0 Å². The molecule has 2 aromatic carbocycles. The van der Waals surface area contributed by atoms with Gasteiger partial charge in [-0.15, -0.1) is 0 Å². The van der Waals surface area contributed by atoms with Crippen LogP contribution in [0.15, 0.2) is 71.5 Å². The summed E-state index contributed by atoms with van der Waals surface area (Å²) in [7, 11) is 0. The molecule has 0 bridgehead atoms. The van der Waals surface area contributed by atoms with Crippen LogP contribution in [0.4, 0.5) is 0 Å². The Kier molecular flexibility index (Phi) is 5.29. The second-order valence-electron chi connectivity index (χ2n) is 6.01. The molecule has 0 saturated heterocycles. The van der Waals surface area contributed by atoms with Crippen molar-refractivity contribution in [3.05, 3.63) is 88.2 Å². The van der Waals surface area contributed by atoms with E-state index < -0.39 is 0 Å². The van der Waals surface area contributed by atoms with E-state index in [1.807, 2.05) is 74.6 Å². The quantitative estimate of drug-likeness (QED) is 0.651. The molecular formula is C21H19BrN2O. The highest BCUT2D eigenvalue weighted by Gasteiger charge is 2.12. The molecule has 0 radical (unpaired) electrons. The first-order chi connectivity index (χ1) is 12.0. The topological polar surface area (TPSA) is 42.0 Å². The molecule has 1 aromatic heterocycles. The molecule has 3 aromatic rings. The van der Waals surface area contributed by atoms with Gasteiger partial charge in [-0.05, 0) is 66.4 Å². The summed E-state index contributed by atoms with van der Waals surface area (Å²) < 4.78 is 1.02. The van der Waals surface area contributed by atoms with Gasteiger partial charge in [0.1, 0.15) is 0 Å². The third-order valence-electron chi connectivity index (χ3n) is 4.20. The Bertz CT molecular complexity index is 873. The number of pyridine rings is 1. The molecule has 126 valence electrons. The lowest BCUT2D eigenvalue weighted by atomic mass is 10.0. The van der Waals surface area contributed by atoms with Crippen molar-refractivity contribution >= 4 is 21.8 Å². The van der Waals surface area contributed by atoms with Crippen molar-refractivity contribution in [2.75, 3.05) is 0 Å². The number of aromatic nitrogens is 1. The van der Waals surface area contributed by atoms with Crippen molar-refractivity contribution in [2.24, 2.45) is 0 Å². The van der Waals surface area contributed by atoms with E-state index in [9.17, 15) is 4.79 Å². The smallest absolute Gasteiger partial charge is 0.251 e. The van der Waals surface area contributed by atoms with Crippen LogP contribution in [0.25, 0.3) is 11.1 Å². The predicted molar refractivity (Wildman–Crippen MR) is 104 cm³/mol. The second kappa shape index (κ2) is 7.62. The fourth-order valence-corrected chi connectivity index (χ4v) is 2.98. The van der Waals surface area contributed by atoms with Crippen LogP contribution < -0.4 is 5.32 Å². The summed E-state index contributed by atoms with van der Waals surface area (Å²) in [6, 6.07) is 17.6. The highest BCUT2D eigenvalue weighted by molar-refractivity contribution is 9.10. The molecule has 1 heterocycles. The number of nitrogens with zero attached hydrogens (tertiary/aromatic N) is 1. The van der Waals surface area contributed by atoms with Gasteiger partial charge in [-0.1, -0.05) is 40.2 Å². The van der Waals surface area contributed by atoms with E-state index in [0.29, 0.717) is 5.56 Å². The minimum absolute atomic E-state index is 0.0530. The van der Waals surface area contributed by atoms with Gasteiger partial charge >= 0.3 is 0 Å². The van der Waals surface area contributed by atoms with Crippen LogP contribution in [-0.4, -0.2) is 10.9 Å². The minimum Gasteiger partial charge on any atom is -0.346 e. The molecule has 1 N–H and O–H groups in total. The van der Waals surface area contributed by atoms with Crippen LogP contribution in [0.2, 0.25) is 0 Å². The normalized spacial score (nSPS) is 11.8. The van der Waals surface area contributed by atoms with Crippen molar-refractivity contribution in [3.8, 4) is 11.1 Å². The van der Waals surface area contributed by atoms with Crippen molar-refractivity contribution in [1.29, 1.82) is 0 Å². The number of carbonyl (C=O) groups is 1. The van der Waals surface area contributed by atoms with E-state index in [-0.39, 0.29) is 11.9 Å². The maximum Gasteiger partial charge on any atom is 0.251 e. The summed E-state index contributed by atoms with van der Waals surface area (Å²) in [5, 5.41) is 3.04. The number of amides is 1. The number of rotatable bonds is 4. The van der Waals surface area contributed by atoms with Gasteiger partial charge in [0.15, 0.2) is 0 Å². The summed E-state index contributed by atoms with van der Waals surface area (Å²) in [5.74, 6) is -0.0755. The summed E-state index contributed by atoms with van der Waals surface area (Å²) >= 11 is 3.42. The summed E-state index contributed by atoms with van der Waals surface area (Å²) in [6.45, 7) is 4.01. The molecule has 3 nitrogen and oxygen atoms in total. The lowest BCUT2D eigenvalue weighted by Gasteiger charge is -2.15. The van der Waals surface area contributed by atoms with Crippen LogP contribution in [0.3, 0.4) is 0 Å². The van der Waals surface area contributed by atoms with Crippen LogP contribution in [0, 0.1) is 6.92 Å². The maximum absolute atomic E-state index is 12.5. The lowest BCUT2D eigenvalue weighted by Crippen LogP contribution is -2.26. The average molecular weight is 395 g/mol. The fraction of sp³-hybridized carbons (Fsp3) is 0.143. The molecule has 1 amide bonds. The molecule has 4 heteroatoms. The van der Waals surface area contributed by atoms with Gasteiger partial charge in [-0.3, -0.25) is 9.78 Å². The van der Waals surface area contributed by atoms with E-state index in [2.05, 4.69) is 26.2 Å². The summed E-state index contributed by atoms with van der Waals surface area (Å²) in [6.07, 6.45) is 3.62. The molecule has 0 saturated carbocycles. The molecule has 1 atom stereocenters. The van der Waals surface area contributed by atoms with Crippen molar-refractivity contribution < 1.29 is 4.79 Å². The summed E-state index contributed by atoms with van der Waals surface area (Å²) in [4.78, 5) is 16.6. The summed E-state index contributed by atoms with van der Waals surface area (Å²) in [5.41, 5.74) is 5.05. The van der Waals surface area contributed by atoms with E-state index in [1.165, 1.54) is 0 Å². The van der Waals surface area contributed by atoms with Crippen LogP contribution in [0.5, 0.6) is 0 Å². The number of hydrogen-bond donors (Lipinski definition) is 1. The number of aryl methyl sites for hydroxylation is 1. The molecular weight excluding hydrogens is 376 g/mol. The van der Waals surface area contributed by atoms with Gasteiger partial charge in [0.05, 0.1) is 6.04 Å². The first kappa shape index (κ1) is 17.4. The zero-order valence-corrected chi connectivity index (χ0v) is 15.7. The Labute approximate surface area is 156 Å². The van der Waals surface area contributed by atoms with Crippen molar-refractivity contribution in [2.45, 2.75) is 19.9 Å². The molecule has 0 aliphatic carbocycles. The Morgan fingerprint density at radius 2 is 1.72 bits per heavy atom. The molecule has 1 unspecified atom stereocenters. The number of benzene rings is 2. The standard InChI is InChI=1S/C21H19BrN2O/c1-14-13-23-12-11-20(14)17-3-5-18(6-4-17)21(25)24-15(2)16-7-9-19(22)10-8-16/h3-13,15H,1-2H3,(H,24,25). The first-order valence-electron chi connectivity index (χ1n) is 8.12. The Morgan fingerprint density at radius 1 is 1.04 bits per heavy atom. The monoisotopic (exact) mass is 394 g/mol. The molecule has 25 heavy (non-hydrogen) atoms. The van der Waals surface area contributed by atoms with Gasteiger partial charge in [0, 0.05) is 22.4 Å². The minimum atomic E-state index is -0.0755. The molecule has 0 aliphatic heterocycles. The van der Waals surface area contributed by atoms with E-state index in [0.717, 1.165) is 26.7 Å². The highest BCUT2D eigenvalue weighted by Crippen LogP contribution is 2.23. The van der Waals surface area contributed by atoms with Gasteiger partial charge in [-0.25, -0.2) is 0 Å². The average Bonchev–Trinajstić information content (AvgIpc) is 2.63. The molecule has 0 spiro atoms. The number of hydrogen-bond acceptors (Lipinski definition) is 2. The van der Waals surface area contributed by atoms with Gasteiger partial charge in [-0.2, -0.15) is 0 Å². The van der Waals surface area contributed by atoms with Crippen molar-refractivity contribution in [1.82, 2.24) is 10.3 Å². The van der Waals surface area contributed by atoms with E-state index in [1.54, 1.807) is 6.20 Å². The number of nitrogens with one attached hydrogen (secondary N) is 1. The number of halogens is 1. The highest BCUT2D eigenvalue weighted by atomic mass is 79.9. The van der Waals surface area contributed by atoms with Gasteiger partial charge in [0.25, 0.3) is 5.91 Å². The lowest BCUT2D eigenvalue weighted by molar-refractivity contribution is 0.0940. The van der Waals surface area contributed by atoms with Crippen molar-refractivity contribution in [3.63, 3.8) is 0 Å². The second-order valence-corrected chi connectivity index (χ2v) is 6.93. The first-order valence-corrected chi connectivity index (χ1v) is 8.91. The molecule has 0 fully saturated rings. The van der Waals surface area contributed by atoms with Gasteiger partial charge in [0.2, 0.25) is 0 Å². The number of carbonyl (C=O) groups excluding carboxylic acids is 1. The fourth-order valence-electron chi connectivity index (χ4n) is 2.71. The molecule has 3 rings (SSSR count). The zero-order valence-electron chi connectivity index (χ0n) is 14.2. The van der Waals surface area contributed by atoms with E-state index >= 15 is 0 Å². The molecule has 0 aliphatic rings. The zero-order chi connectivity index (χ0) is 17.8. The van der Waals surface area contributed by atoms with Crippen LogP contribution in [0.1, 0.15) is 34.5 Å². The third kappa shape index (κ3) is 4.15. The third-order valence-corrected chi connectivity index (χ3v) is 4.72. The SMILES string of the molecule is Cc1cnccc1-c1ccc(C(=O)NC(C)c2ccc(Br)cc2)cc1.